The summed E-state index contributed by atoms with van der Waals surface area (Å²) in [7, 11) is -3.80. The number of amides is 2. The van der Waals surface area contributed by atoms with Gasteiger partial charge in [0.05, 0.1) is 10.6 Å². The van der Waals surface area contributed by atoms with E-state index in [-0.39, 0.29) is 35.7 Å². The third-order valence-corrected chi connectivity index (χ3v) is 5.45. The van der Waals surface area contributed by atoms with Gasteiger partial charge < -0.3 is 15.4 Å². The highest BCUT2D eigenvalue weighted by molar-refractivity contribution is 7.89. The lowest BCUT2D eigenvalue weighted by Crippen LogP contribution is -2.37. The van der Waals surface area contributed by atoms with Crippen molar-refractivity contribution in [2.45, 2.75) is 63.5 Å². The molecule has 0 aromatic heterocycles. The van der Waals surface area contributed by atoms with Gasteiger partial charge in [0.15, 0.2) is 6.10 Å². The van der Waals surface area contributed by atoms with E-state index in [2.05, 4.69) is 15.4 Å². The lowest BCUT2D eigenvalue weighted by atomic mass is 10.1. The van der Waals surface area contributed by atoms with Crippen molar-refractivity contribution in [3.63, 3.8) is 0 Å². The molecule has 0 radical (unpaired) electrons. The minimum atomic E-state index is -3.80. The molecule has 150 valence electrons. The zero-order valence-corrected chi connectivity index (χ0v) is 16.7. The second-order valence-corrected chi connectivity index (χ2v) is 8.53. The average Bonchev–Trinajstić information content (AvgIpc) is 2.58. The maximum Gasteiger partial charge on any atom is 0.265 e. The van der Waals surface area contributed by atoms with Gasteiger partial charge in [-0.25, -0.2) is 13.1 Å². The van der Waals surface area contributed by atoms with Crippen molar-refractivity contribution in [3.8, 4) is 5.75 Å². The Kier molecular flexibility index (Phi) is 7.20. The van der Waals surface area contributed by atoms with Gasteiger partial charge in [-0.15, -0.1) is 0 Å². The van der Waals surface area contributed by atoms with E-state index in [9.17, 15) is 18.0 Å². The van der Waals surface area contributed by atoms with E-state index in [1.165, 1.54) is 18.2 Å². The fourth-order valence-electron chi connectivity index (χ4n) is 2.65. The Labute approximate surface area is 160 Å². The van der Waals surface area contributed by atoms with Gasteiger partial charge in [0, 0.05) is 19.0 Å². The lowest BCUT2D eigenvalue weighted by molar-refractivity contribution is -0.124. The zero-order valence-electron chi connectivity index (χ0n) is 15.9. The normalized spacial score (nSPS) is 16.4. The molecule has 1 aliphatic heterocycles. The van der Waals surface area contributed by atoms with Crippen molar-refractivity contribution in [1.82, 2.24) is 10.0 Å². The highest BCUT2D eigenvalue weighted by Crippen LogP contribution is 2.32. The summed E-state index contributed by atoms with van der Waals surface area (Å²) in [6.45, 7) is 5.68. The van der Waals surface area contributed by atoms with Crippen molar-refractivity contribution >= 4 is 27.5 Å². The van der Waals surface area contributed by atoms with Crippen LogP contribution in [0, 0.1) is 0 Å². The molecule has 0 saturated carbocycles. The quantitative estimate of drug-likeness (QED) is 0.588. The van der Waals surface area contributed by atoms with E-state index in [0.29, 0.717) is 17.9 Å². The van der Waals surface area contributed by atoms with Crippen molar-refractivity contribution in [1.29, 1.82) is 0 Å². The first-order valence-electron chi connectivity index (χ1n) is 9.13. The lowest BCUT2D eigenvalue weighted by Gasteiger charge is -2.26. The number of fused-ring (bicyclic) bond motifs is 1. The summed E-state index contributed by atoms with van der Waals surface area (Å²) >= 11 is 0. The monoisotopic (exact) mass is 397 g/mol. The number of hydrogen-bond donors (Lipinski definition) is 3. The Bertz CT molecular complexity index is 792. The highest BCUT2D eigenvalue weighted by atomic mass is 32.2. The molecule has 1 aromatic carbocycles. The number of anilines is 1. The molecule has 27 heavy (non-hydrogen) atoms. The number of sulfonamides is 1. The summed E-state index contributed by atoms with van der Waals surface area (Å²) in [6, 6.07) is 4.32. The first-order valence-corrected chi connectivity index (χ1v) is 10.6. The van der Waals surface area contributed by atoms with Crippen molar-refractivity contribution in [3.05, 3.63) is 18.2 Å². The largest absolute Gasteiger partial charge is 0.478 e. The van der Waals surface area contributed by atoms with Crippen LogP contribution in [-0.4, -0.2) is 38.9 Å². The van der Waals surface area contributed by atoms with E-state index >= 15 is 0 Å². The Morgan fingerprint density at radius 2 is 2.07 bits per heavy atom. The molecule has 2 rings (SSSR count). The standard InChI is InChI=1S/C18H27N3O5S/c1-4-5-6-16-18(23)21-14-11-13(7-8-15(14)26-16)27(24,25)19-10-9-17(22)20-12(2)3/h7-8,11-12,16,19H,4-6,9-10H2,1-3H3,(H,20,22)(H,21,23). The molecule has 8 nitrogen and oxygen atoms in total. The first kappa shape index (κ1) is 21.2. The molecular formula is C18H27N3O5S. The molecular weight excluding hydrogens is 370 g/mol. The van der Waals surface area contributed by atoms with Gasteiger partial charge in [-0.2, -0.15) is 0 Å². The molecule has 0 fully saturated rings. The van der Waals surface area contributed by atoms with Crippen LogP contribution in [0.2, 0.25) is 0 Å². The van der Waals surface area contributed by atoms with E-state index in [0.717, 1.165) is 12.8 Å². The minimum Gasteiger partial charge on any atom is -0.478 e. The second kappa shape index (κ2) is 9.18. The third kappa shape index (κ3) is 5.93. The summed E-state index contributed by atoms with van der Waals surface area (Å²) in [4.78, 5) is 23.7. The summed E-state index contributed by atoms with van der Waals surface area (Å²) in [6.07, 6.45) is 1.92. The number of carbonyl (C=O) groups is 2. The van der Waals surface area contributed by atoms with Crippen LogP contribution in [0.5, 0.6) is 5.75 Å². The van der Waals surface area contributed by atoms with Crippen LogP contribution in [0.1, 0.15) is 46.5 Å². The number of unbranched alkanes of at least 4 members (excludes halogenated alkanes) is 1. The molecule has 1 aliphatic rings. The van der Waals surface area contributed by atoms with E-state index in [1.54, 1.807) is 0 Å². The predicted octanol–water partition coefficient (Wildman–Crippen LogP) is 1.77. The van der Waals surface area contributed by atoms with Gasteiger partial charge in [-0.3, -0.25) is 9.59 Å². The summed E-state index contributed by atoms with van der Waals surface area (Å²) < 4.78 is 32.9. The Balaban J connectivity index is 2.02. The number of rotatable bonds is 9. The van der Waals surface area contributed by atoms with Gasteiger partial charge in [0.2, 0.25) is 15.9 Å². The van der Waals surface area contributed by atoms with Gasteiger partial charge in [-0.1, -0.05) is 13.3 Å². The van der Waals surface area contributed by atoms with Crippen molar-refractivity contribution in [2.75, 3.05) is 11.9 Å². The fourth-order valence-corrected chi connectivity index (χ4v) is 3.71. The maximum absolute atomic E-state index is 12.4. The summed E-state index contributed by atoms with van der Waals surface area (Å²) in [5, 5.41) is 5.40. The second-order valence-electron chi connectivity index (χ2n) is 6.77. The molecule has 3 N–H and O–H groups in total. The van der Waals surface area contributed by atoms with Crippen LogP contribution in [0.3, 0.4) is 0 Å². The molecule has 1 aromatic rings. The molecule has 0 bridgehead atoms. The molecule has 9 heteroatoms. The van der Waals surface area contributed by atoms with E-state index in [4.69, 9.17) is 4.74 Å². The molecule has 0 aliphatic carbocycles. The minimum absolute atomic E-state index is 0.000448. The van der Waals surface area contributed by atoms with E-state index in [1.807, 2.05) is 20.8 Å². The topological polar surface area (TPSA) is 114 Å². The van der Waals surface area contributed by atoms with Crippen LogP contribution >= 0.6 is 0 Å². The Hall–Kier alpha value is -2.13. The average molecular weight is 397 g/mol. The Morgan fingerprint density at radius 1 is 1.33 bits per heavy atom. The summed E-state index contributed by atoms with van der Waals surface area (Å²) in [5.74, 6) is -0.0493. The van der Waals surface area contributed by atoms with Crippen molar-refractivity contribution in [2.24, 2.45) is 0 Å². The van der Waals surface area contributed by atoms with Crippen molar-refractivity contribution < 1.29 is 22.7 Å². The molecule has 1 heterocycles. The predicted molar refractivity (Wildman–Crippen MR) is 102 cm³/mol. The smallest absolute Gasteiger partial charge is 0.265 e. The van der Waals surface area contributed by atoms with Crippen LogP contribution in [0.4, 0.5) is 5.69 Å². The Morgan fingerprint density at radius 3 is 2.74 bits per heavy atom. The number of ether oxygens (including phenoxy) is 1. The third-order valence-electron chi connectivity index (χ3n) is 3.99. The fraction of sp³-hybridized carbons (Fsp3) is 0.556. The molecule has 1 unspecified atom stereocenters. The number of nitrogens with one attached hydrogen (secondary N) is 3. The number of benzene rings is 1. The number of carbonyl (C=O) groups excluding carboxylic acids is 2. The van der Waals surface area contributed by atoms with Gasteiger partial charge in [0.1, 0.15) is 5.75 Å². The maximum atomic E-state index is 12.4. The van der Waals surface area contributed by atoms with Gasteiger partial charge >= 0.3 is 0 Å². The van der Waals surface area contributed by atoms with Crippen LogP contribution < -0.4 is 20.1 Å². The van der Waals surface area contributed by atoms with Gasteiger partial charge in [0.25, 0.3) is 5.91 Å². The summed E-state index contributed by atoms with van der Waals surface area (Å²) in [5.41, 5.74) is 0.327. The first-order chi connectivity index (χ1) is 12.7. The molecule has 1 atom stereocenters. The number of hydrogen-bond acceptors (Lipinski definition) is 5. The molecule has 0 spiro atoms. The molecule has 0 saturated heterocycles. The van der Waals surface area contributed by atoms with Gasteiger partial charge in [-0.05, 0) is 44.9 Å². The SMILES string of the molecule is CCCCC1Oc2ccc(S(=O)(=O)NCCC(=O)NC(C)C)cc2NC1=O. The van der Waals surface area contributed by atoms with E-state index < -0.39 is 16.1 Å². The van der Waals surface area contributed by atoms with Crippen LogP contribution in [0.15, 0.2) is 23.1 Å². The zero-order chi connectivity index (χ0) is 20.0. The molecule has 2 amide bonds. The van der Waals surface area contributed by atoms with Crippen LogP contribution in [0.25, 0.3) is 0 Å². The van der Waals surface area contributed by atoms with Crippen LogP contribution in [-0.2, 0) is 19.6 Å². The highest BCUT2D eigenvalue weighted by Gasteiger charge is 2.28.